The topological polar surface area (TPSA) is 25.8 Å². The van der Waals surface area contributed by atoms with Gasteiger partial charge < -0.3 is 0 Å². The second-order valence-electron chi connectivity index (χ2n) is 3.12. The fourth-order valence-corrected chi connectivity index (χ4v) is 1.55. The van der Waals surface area contributed by atoms with Crippen molar-refractivity contribution in [3.63, 3.8) is 0 Å². The SMILES string of the molecule is FC(F)c1cccc(-c2nccnc2Cl)c1. The Bertz CT molecular complexity index is 503. The van der Waals surface area contributed by atoms with Crippen LogP contribution in [0.1, 0.15) is 12.0 Å². The van der Waals surface area contributed by atoms with E-state index in [9.17, 15) is 8.78 Å². The number of hydrogen-bond acceptors (Lipinski definition) is 2. The number of hydrogen-bond donors (Lipinski definition) is 0. The van der Waals surface area contributed by atoms with Gasteiger partial charge in [-0.15, -0.1) is 0 Å². The Kier molecular flexibility index (Phi) is 3.10. The lowest BCUT2D eigenvalue weighted by Gasteiger charge is -2.04. The van der Waals surface area contributed by atoms with E-state index in [4.69, 9.17) is 11.6 Å². The molecule has 0 aliphatic heterocycles. The van der Waals surface area contributed by atoms with E-state index in [-0.39, 0.29) is 10.7 Å². The largest absolute Gasteiger partial charge is 0.263 e. The van der Waals surface area contributed by atoms with E-state index >= 15 is 0 Å². The molecule has 16 heavy (non-hydrogen) atoms. The van der Waals surface area contributed by atoms with Gasteiger partial charge in [-0.3, -0.25) is 4.98 Å². The van der Waals surface area contributed by atoms with Crippen LogP contribution in [-0.2, 0) is 0 Å². The predicted molar refractivity (Wildman–Crippen MR) is 57.4 cm³/mol. The minimum atomic E-state index is -2.50. The van der Waals surface area contributed by atoms with Crippen molar-refractivity contribution < 1.29 is 8.78 Å². The zero-order valence-electron chi connectivity index (χ0n) is 8.07. The highest BCUT2D eigenvalue weighted by Gasteiger charge is 2.10. The molecule has 0 fully saturated rings. The van der Waals surface area contributed by atoms with Crippen molar-refractivity contribution >= 4 is 11.6 Å². The molecule has 82 valence electrons. The average Bonchev–Trinajstić information content (AvgIpc) is 2.30. The normalized spacial score (nSPS) is 10.8. The van der Waals surface area contributed by atoms with Crippen molar-refractivity contribution in [3.8, 4) is 11.3 Å². The third-order valence-electron chi connectivity index (χ3n) is 2.07. The Balaban J connectivity index is 2.49. The van der Waals surface area contributed by atoms with Gasteiger partial charge in [-0.2, -0.15) is 0 Å². The van der Waals surface area contributed by atoms with Crippen molar-refractivity contribution in [2.45, 2.75) is 6.43 Å². The van der Waals surface area contributed by atoms with Crippen molar-refractivity contribution in [2.24, 2.45) is 0 Å². The molecule has 0 atom stereocenters. The minimum Gasteiger partial charge on any atom is -0.251 e. The summed E-state index contributed by atoms with van der Waals surface area (Å²) in [6.07, 6.45) is 0.411. The van der Waals surface area contributed by atoms with Gasteiger partial charge in [-0.1, -0.05) is 29.8 Å². The second kappa shape index (κ2) is 4.53. The zero-order chi connectivity index (χ0) is 11.5. The smallest absolute Gasteiger partial charge is 0.251 e. The number of rotatable bonds is 2. The van der Waals surface area contributed by atoms with Gasteiger partial charge >= 0.3 is 0 Å². The molecule has 0 bridgehead atoms. The van der Waals surface area contributed by atoms with Gasteiger partial charge in [0.1, 0.15) is 5.69 Å². The molecule has 5 heteroatoms. The molecule has 0 aliphatic rings. The predicted octanol–water partition coefficient (Wildman–Crippen LogP) is 3.73. The van der Waals surface area contributed by atoms with Crippen LogP contribution in [0, 0.1) is 0 Å². The molecule has 2 nitrogen and oxygen atoms in total. The summed E-state index contributed by atoms with van der Waals surface area (Å²) in [7, 11) is 0. The molecule has 1 heterocycles. The summed E-state index contributed by atoms with van der Waals surface area (Å²) < 4.78 is 25.0. The first kappa shape index (κ1) is 11.0. The molecule has 1 aromatic heterocycles. The number of alkyl halides is 2. The molecule has 2 rings (SSSR count). The summed E-state index contributed by atoms with van der Waals surface area (Å²) in [4.78, 5) is 7.86. The van der Waals surface area contributed by atoms with Crippen LogP contribution in [0.4, 0.5) is 8.78 Å². The lowest BCUT2D eigenvalue weighted by atomic mass is 10.1. The maximum absolute atomic E-state index is 12.5. The van der Waals surface area contributed by atoms with Gasteiger partial charge in [-0.25, -0.2) is 13.8 Å². The first-order valence-corrected chi connectivity index (χ1v) is 4.91. The molecular weight excluding hydrogens is 234 g/mol. The second-order valence-corrected chi connectivity index (χ2v) is 3.48. The summed E-state index contributed by atoms with van der Waals surface area (Å²) in [6, 6.07) is 5.93. The lowest BCUT2D eigenvalue weighted by Crippen LogP contribution is -1.89. The van der Waals surface area contributed by atoms with Crippen molar-refractivity contribution in [3.05, 3.63) is 47.4 Å². The van der Waals surface area contributed by atoms with Gasteiger partial charge in [0.15, 0.2) is 5.15 Å². The third-order valence-corrected chi connectivity index (χ3v) is 2.34. The van der Waals surface area contributed by atoms with Crippen molar-refractivity contribution in [1.29, 1.82) is 0 Å². The monoisotopic (exact) mass is 240 g/mol. The Morgan fingerprint density at radius 3 is 2.56 bits per heavy atom. The number of nitrogens with zero attached hydrogens (tertiary/aromatic N) is 2. The zero-order valence-corrected chi connectivity index (χ0v) is 8.83. The summed E-state index contributed by atoms with van der Waals surface area (Å²) in [6.45, 7) is 0. The van der Waals surface area contributed by atoms with Gasteiger partial charge in [0, 0.05) is 23.5 Å². The quantitative estimate of drug-likeness (QED) is 0.799. The maximum Gasteiger partial charge on any atom is 0.263 e. The molecule has 0 saturated carbocycles. The van der Waals surface area contributed by atoms with Gasteiger partial charge in [0.25, 0.3) is 6.43 Å². The molecule has 0 unspecified atom stereocenters. The van der Waals surface area contributed by atoms with Crippen LogP contribution in [0.25, 0.3) is 11.3 Å². The highest BCUT2D eigenvalue weighted by molar-refractivity contribution is 6.31. The molecule has 0 aliphatic carbocycles. The molecular formula is C11H7ClF2N2. The first-order valence-electron chi connectivity index (χ1n) is 4.53. The first-order chi connectivity index (χ1) is 7.68. The standard InChI is InChI=1S/C11H7ClF2N2/c12-10-9(15-4-5-16-10)7-2-1-3-8(6-7)11(13)14/h1-6,11H. The highest BCUT2D eigenvalue weighted by atomic mass is 35.5. The van der Waals surface area contributed by atoms with Gasteiger partial charge in [0.05, 0.1) is 0 Å². The minimum absolute atomic E-state index is 0.0563. The molecule has 0 radical (unpaired) electrons. The molecule has 2 aromatic rings. The van der Waals surface area contributed by atoms with Crippen LogP contribution in [0.15, 0.2) is 36.7 Å². The Morgan fingerprint density at radius 1 is 1.12 bits per heavy atom. The number of benzene rings is 1. The Morgan fingerprint density at radius 2 is 1.88 bits per heavy atom. The van der Waals surface area contributed by atoms with E-state index in [1.54, 1.807) is 12.1 Å². The Labute approximate surface area is 95.9 Å². The molecule has 0 saturated heterocycles. The summed E-state index contributed by atoms with van der Waals surface area (Å²) in [5.41, 5.74) is 0.891. The molecule has 0 amide bonds. The van der Waals surface area contributed by atoms with Crippen LogP contribution >= 0.6 is 11.6 Å². The summed E-state index contributed by atoms with van der Waals surface area (Å²) in [5.74, 6) is 0. The summed E-state index contributed by atoms with van der Waals surface area (Å²) >= 11 is 5.83. The summed E-state index contributed by atoms with van der Waals surface area (Å²) in [5, 5.41) is 0.203. The van der Waals surface area contributed by atoms with E-state index in [0.717, 1.165) is 0 Å². The average molecular weight is 241 g/mol. The molecule has 0 spiro atoms. The maximum atomic E-state index is 12.5. The highest BCUT2D eigenvalue weighted by Crippen LogP contribution is 2.27. The number of aromatic nitrogens is 2. The van der Waals surface area contributed by atoms with Crippen LogP contribution < -0.4 is 0 Å². The van der Waals surface area contributed by atoms with Crippen LogP contribution in [0.3, 0.4) is 0 Å². The third kappa shape index (κ3) is 2.17. The fourth-order valence-electron chi connectivity index (χ4n) is 1.34. The fraction of sp³-hybridized carbons (Fsp3) is 0.0909. The van der Waals surface area contributed by atoms with Crippen LogP contribution in [0.5, 0.6) is 0 Å². The molecule has 0 N–H and O–H groups in total. The van der Waals surface area contributed by atoms with Crippen molar-refractivity contribution in [1.82, 2.24) is 9.97 Å². The van der Waals surface area contributed by atoms with E-state index in [0.29, 0.717) is 11.3 Å². The van der Waals surface area contributed by atoms with E-state index in [2.05, 4.69) is 9.97 Å². The van der Waals surface area contributed by atoms with Crippen molar-refractivity contribution in [2.75, 3.05) is 0 Å². The molecule has 1 aromatic carbocycles. The lowest BCUT2D eigenvalue weighted by molar-refractivity contribution is 0.151. The van der Waals surface area contributed by atoms with E-state index < -0.39 is 6.43 Å². The van der Waals surface area contributed by atoms with Crippen LogP contribution in [-0.4, -0.2) is 9.97 Å². The van der Waals surface area contributed by atoms with Crippen LogP contribution in [0.2, 0.25) is 5.15 Å². The van der Waals surface area contributed by atoms with Gasteiger partial charge in [0.2, 0.25) is 0 Å². The van der Waals surface area contributed by atoms with E-state index in [1.807, 2.05) is 0 Å². The number of halogens is 3. The Hall–Kier alpha value is -1.55. The van der Waals surface area contributed by atoms with Gasteiger partial charge in [-0.05, 0) is 6.07 Å². The van der Waals surface area contributed by atoms with E-state index in [1.165, 1.54) is 24.5 Å².